The molecule has 3 rings (SSSR count). The molecule has 1 heterocycles. The van der Waals surface area contributed by atoms with Crippen molar-refractivity contribution < 1.29 is 14.4 Å². The van der Waals surface area contributed by atoms with Crippen LogP contribution in [0, 0.1) is 0 Å². The normalized spacial score (nSPS) is 19.6. The summed E-state index contributed by atoms with van der Waals surface area (Å²) < 4.78 is 0. The van der Waals surface area contributed by atoms with Gasteiger partial charge in [-0.3, -0.25) is 14.5 Å². The zero-order chi connectivity index (χ0) is 15.7. The van der Waals surface area contributed by atoms with Crippen LogP contribution in [0.4, 0.5) is 10.5 Å². The Hall–Kier alpha value is -2.08. The molecule has 1 aromatic rings. The number of hydrogen-bond donors (Lipinski definition) is 2. The molecule has 2 fully saturated rings. The van der Waals surface area contributed by atoms with Gasteiger partial charge in [0.1, 0.15) is 12.1 Å². The largest absolute Gasteiger partial charge is 0.325 e. The minimum atomic E-state index is -0.790. The molecule has 1 aliphatic carbocycles. The van der Waals surface area contributed by atoms with E-state index in [1.54, 1.807) is 24.3 Å². The fourth-order valence-electron chi connectivity index (χ4n) is 3.03. The Balaban J connectivity index is 1.68. The van der Waals surface area contributed by atoms with Crippen molar-refractivity contribution in [2.24, 2.45) is 0 Å². The highest BCUT2D eigenvalue weighted by Gasteiger charge is 2.52. The summed E-state index contributed by atoms with van der Waals surface area (Å²) in [5.74, 6) is -0.754. The SMILES string of the molecule is O=C(CN1C(=O)NC2(CCCC2)C1=O)Nc1ccccc1Cl. The Kier molecular flexibility index (Phi) is 3.78. The summed E-state index contributed by atoms with van der Waals surface area (Å²) in [6, 6.07) is 6.30. The molecule has 7 heteroatoms. The predicted molar refractivity (Wildman–Crippen MR) is 81.5 cm³/mol. The standard InChI is InChI=1S/C15H16ClN3O3/c16-10-5-1-2-6-11(10)17-12(20)9-19-13(21)15(18-14(19)22)7-3-4-8-15/h1-2,5-6H,3-4,7-9H2,(H,17,20)(H,18,22). The molecule has 1 spiro atoms. The first-order chi connectivity index (χ1) is 10.5. The second-order valence-corrected chi connectivity index (χ2v) is 6.05. The molecule has 2 aliphatic rings. The van der Waals surface area contributed by atoms with Gasteiger partial charge in [-0.15, -0.1) is 0 Å². The number of imide groups is 1. The Morgan fingerprint density at radius 2 is 1.95 bits per heavy atom. The zero-order valence-electron chi connectivity index (χ0n) is 11.9. The number of halogens is 1. The van der Waals surface area contributed by atoms with Crippen LogP contribution in [0.15, 0.2) is 24.3 Å². The number of nitrogens with one attached hydrogen (secondary N) is 2. The monoisotopic (exact) mass is 321 g/mol. The third-order valence-electron chi connectivity index (χ3n) is 4.15. The van der Waals surface area contributed by atoms with E-state index in [0.29, 0.717) is 23.6 Å². The number of carbonyl (C=O) groups excluding carboxylic acids is 3. The topological polar surface area (TPSA) is 78.5 Å². The number of carbonyl (C=O) groups is 3. The number of rotatable bonds is 3. The third kappa shape index (κ3) is 2.54. The van der Waals surface area contributed by atoms with Crippen LogP contribution in [0.5, 0.6) is 0 Å². The number of anilines is 1. The third-order valence-corrected chi connectivity index (χ3v) is 4.48. The van der Waals surface area contributed by atoms with Crippen LogP contribution in [0.25, 0.3) is 0 Å². The van der Waals surface area contributed by atoms with Crippen LogP contribution in [0.2, 0.25) is 5.02 Å². The van der Waals surface area contributed by atoms with Gasteiger partial charge in [0.2, 0.25) is 5.91 Å². The van der Waals surface area contributed by atoms with E-state index in [1.807, 2.05) is 0 Å². The Bertz CT molecular complexity index is 641. The molecule has 0 unspecified atom stereocenters. The van der Waals surface area contributed by atoms with Crippen molar-refractivity contribution in [3.05, 3.63) is 29.3 Å². The lowest BCUT2D eigenvalue weighted by Crippen LogP contribution is -2.44. The van der Waals surface area contributed by atoms with E-state index in [1.165, 1.54) is 0 Å². The van der Waals surface area contributed by atoms with E-state index in [9.17, 15) is 14.4 Å². The quantitative estimate of drug-likeness (QED) is 0.837. The van der Waals surface area contributed by atoms with Gasteiger partial charge in [0.15, 0.2) is 0 Å². The number of benzene rings is 1. The average Bonchev–Trinajstić information content (AvgIpc) is 3.03. The van der Waals surface area contributed by atoms with E-state index in [0.717, 1.165) is 17.7 Å². The second-order valence-electron chi connectivity index (χ2n) is 5.64. The molecule has 6 nitrogen and oxygen atoms in total. The first kappa shape index (κ1) is 14.8. The van der Waals surface area contributed by atoms with Crippen molar-refractivity contribution in [1.82, 2.24) is 10.2 Å². The lowest BCUT2D eigenvalue weighted by atomic mass is 9.98. The van der Waals surface area contributed by atoms with E-state index in [4.69, 9.17) is 11.6 Å². The highest BCUT2D eigenvalue weighted by molar-refractivity contribution is 6.33. The smallest absolute Gasteiger partial charge is 0.323 e. The van der Waals surface area contributed by atoms with E-state index in [2.05, 4.69) is 10.6 Å². The molecule has 22 heavy (non-hydrogen) atoms. The van der Waals surface area contributed by atoms with Gasteiger partial charge >= 0.3 is 6.03 Å². The highest BCUT2D eigenvalue weighted by atomic mass is 35.5. The molecule has 0 atom stereocenters. The van der Waals surface area contributed by atoms with Crippen molar-refractivity contribution in [2.75, 3.05) is 11.9 Å². The van der Waals surface area contributed by atoms with Crippen LogP contribution >= 0.6 is 11.6 Å². The minimum Gasteiger partial charge on any atom is -0.323 e. The van der Waals surface area contributed by atoms with Gasteiger partial charge in [-0.25, -0.2) is 4.79 Å². The Morgan fingerprint density at radius 1 is 1.27 bits per heavy atom. The molecule has 1 aliphatic heterocycles. The van der Waals surface area contributed by atoms with Crippen LogP contribution < -0.4 is 10.6 Å². The van der Waals surface area contributed by atoms with Crippen molar-refractivity contribution in [3.8, 4) is 0 Å². The number of para-hydroxylation sites is 1. The van der Waals surface area contributed by atoms with E-state index in [-0.39, 0.29) is 12.5 Å². The van der Waals surface area contributed by atoms with Gasteiger partial charge in [0.05, 0.1) is 10.7 Å². The van der Waals surface area contributed by atoms with E-state index >= 15 is 0 Å². The van der Waals surface area contributed by atoms with Gasteiger partial charge < -0.3 is 10.6 Å². The van der Waals surface area contributed by atoms with Crippen LogP contribution in [0.3, 0.4) is 0 Å². The summed E-state index contributed by atoms with van der Waals surface area (Å²) in [7, 11) is 0. The maximum atomic E-state index is 12.4. The first-order valence-electron chi connectivity index (χ1n) is 7.20. The first-order valence-corrected chi connectivity index (χ1v) is 7.58. The fraction of sp³-hybridized carbons (Fsp3) is 0.400. The molecule has 116 valence electrons. The van der Waals surface area contributed by atoms with Crippen LogP contribution in [-0.4, -0.2) is 34.8 Å². The summed E-state index contributed by atoms with van der Waals surface area (Å²) in [5.41, 5.74) is -0.335. The molecule has 0 bridgehead atoms. The number of urea groups is 1. The molecule has 0 aromatic heterocycles. The van der Waals surface area contributed by atoms with Crippen molar-refractivity contribution >= 4 is 35.1 Å². The molecule has 4 amide bonds. The average molecular weight is 322 g/mol. The molecule has 1 saturated carbocycles. The molecule has 2 N–H and O–H groups in total. The van der Waals surface area contributed by atoms with Crippen LogP contribution in [-0.2, 0) is 9.59 Å². The summed E-state index contributed by atoms with van der Waals surface area (Å²) in [4.78, 5) is 37.5. The van der Waals surface area contributed by atoms with Gasteiger partial charge in [-0.2, -0.15) is 0 Å². The highest BCUT2D eigenvalue weighted by Crippen LogP contribution is 2.34. The summed E-state index contributed by atoms with van der Waals surface area (Å²) in [6.07, 6.45) is 3.10. The van der Waals surface area contributed by atoms with Gasteiger partial charge in [-0.1, -0.05) is 36.6 Å². The molecular formula is C15H16ClN3O3. The number of amides is 4. The molecule has 0 radical (unpaired) electrons. The molecule has 1 aromatic carbocycles. The lowest BCUT2D eigenvalue weighted by molar-refractivity contribution is -0.133. The molecular weight excluding hydrogens is 306 g/mol. The maximum absolute atomic E-state index is 12.4. The Labute approximate surface area is 132 Å². The van der Waals surface area contributed by atoms with Gasteiger partial charge in [0.25, 0.3) is 5.91 Å². The van der Waals surface area contributed by atoms with Gasteiger partial charge in [0, 0.05) is 0 Å². The number of hydrogen-bond acceptors (Lipinski definition) is 3. The summed E-state index contributed by atoms with van der Waals surface area (Å²) in [5, 5.41) is 5.76. The summed E-state index contributed by atoms with van der Waals surface area (Å²) in [6.45, 7) is -0.308. The van der Waals surface area contributed by atoms with Gasteiger partial charge in [-0.05, 0) is 25.0 Å². The second kappa shape index (κ2) is 5.61. The zero-order valence-corrected chi connectivity index (χ0v) is 12.7. The Morgan fingerprint density at radius 3 is 2.64 bits per heavy atom. The number of nitrogens with zero attached hydrogens (tertiary/aromatic N) is 1. The summed E-state index contributed by atoms with van der Waals surface area (Å²) >= 11 is 5.97. The predicted octanol–water partition coefficient (Wildman–Crippen LogP) is 2.14. The van der Waals surface area contributed by atoms with E-state index < -0.39 is 17.5 Å². The van der Waals surface area contributed by atoms with Crippen molar-refractivity contribution in [1.29, 1.82) is 0 Å². The maximum Gasteiger partial charge on any atom is 0.325 e. The van der Waals surface area contributed by atoms with Crippen molar-refractivity contribution in [2.45, 2.75) is 31.2 Å². The lowest BCUT2D eigenvalue weighted by Gasteiger charge is -2.19. The minimum absolute atomic E-state index is 0.302. The van der Waals surface area contributed by atoms with Crippen LogP contribution in [0.1, 0.15) is 25.7 Å². The molecule has 1 saturated heterocycles. The fourth-order valence-corrected chi connectivity index (χ4v) is 3.22. The van der Waals surface area contributed by atoms with Crippen molar-refractivity contribution in [3.63, 3.8) is 0 Å².